The zero-order valence-electron chi connectivity index (χ0n) is 9.27. The Morgan fingerprint density at radius 3 is 2.44 bits per heavy atom. The number of aliphatic carboxylic acids is 1. The number of hydrogen-bond acceptors (Lipinski definition) is 3. The normalized spacial score (nSPS) is 29.5. The topological polar surface area (TPSA) is 86.6 Å². The number of carbonyl (C=O) groups is 2. The highest BCUT2D eigenvalue weighted by Crippen LogP contribution is 2.25. The molecule has 1 fully saturated rings. The Morgan fingerprint density at radius 1 is 1.38 bits per heavy atom. The van der Waals surface area contributed by atoms with Gasteiger partial charge in [-0.3, -0.25) is 9.59 Å². The van der Waals surface area contributed by atoms with Crippen LogP contribution < -0.4 is 5.32 Å². The second-order valence-electron chi connectivity index (χ2n) is 4.28. The Hall–Kier alpha value is -1.36. The minimum Gasteiger partial charge on any atom is -0.481 e. The van der Waals surface area contributed by atoms with E-state index in [1.165, 1.54) is 0 Å². The Labute approximate surface area is 94.2 Å². The van der Waals surface area contributed by atoms with Gasteiger partial charge in [0.2, 0.25) is 5.91 Å². The van der Waals surface area contributed by atoms with Crippen molar-refractivity contribution in [2.45, 2.75) is 38.3 Å². The summed E-state index contributed by atoms with van der Waals surface area (Å²) in [7, 11) is 0. The smallest absolute Gasteiger partial charge is 0.309 e. The number of nitrogens with one attached hydrogen (secondary N) is 1. The van der Waals surface area contributed by atoms with E-state index in [1.807, 2.05) is 0 Å². The van der Waals surface area contributed by atoms with Crippen LogP contribution in [0.2, 0.25) is 0 Å². The van der Waals surface area contributed by atoms with Gasteiger partial charge < -0.3 is 15.5 Å². The monoisotopic (exact) mass is 227 g/mol. The second-order valence-corrected chi connectivity index (χ2v) is 4.28. The molecular weight excluding hydrogens is 210 g/mol. The number of rotatable bonds is 3. The summed E-state index contributed by atoms with van der Waals surface area (Å²) in [5.41, 5.74) is 0.412. The van der Waals surface area contributed by atoms with Crippen LogP contribution in [0.4, 0.5) is 0 Å². The largest absolute Gasteiger partial charge is 0.481 e. The highest BCUT2D eigenvalue weighted by molar-refractivity contribution is 5.92. The number of carboxylic acid groups (broad SMARTS) is 1. The Kier molecular flexibility index (Phi) is 4.06. The average molecular weight is 227 g/mol. The molecule has 0 heterocycles. The van der Waals surface area contributed by atoms with Gasteiger partial charge in [-0.15, -0.1) is 0 Å². The maximum Gasteiger partial charge on any atom is 0.309 e. The van der Waals surface area contributed by atoms with E-state index in [1.54, 1.807) is 6.92 Å². The quantitative estimate of drug-likeness (QED) is 0.605. The predicted molar refractivity (Wildman–Crippen MR) is 57.7 cm³/mol. The highest BCUT2D eigenvalue weighted by atomic mass is 16.4. The van der Waals surface area contributed by atoms with Crippen molar-refractivity contribution in [2.24, 2.45) is 5.92 Å². The lowest BCUT2D eigenvalue weighted by Gasteiger charge is -2.31. The minimum absolute atomic E-state index is 0.158. The van der Waals surface area contributed by atoms with Crippen LogP contribution in [0.15, 0.2) is 12.2 Å². The molecule has 3 atom stereocenters. The molecule has 16 heavy (non-hydrogen) atoms. The maximum atomic E-state index is 11.3. The third-order valence-corrected chi connectivity index (χ3v) is 2.86. The van der Waals surface area contributed by atoms with E-state index in [-0.39, 0.29) is 18.4 Å². The molecule has 0 spiro atoms. The first-order valence-corrected chi connectivity index (χ1v) is 5.29. The lowest BCUT2D eigenvalue weighted by Crippen LogP contribution is -2.44. The molecule has 1 rings (SSSR count). The van der Waals surface area contributed by atoms with Gasteiger partial charge in [-0.1, -0.05) is 6.58 Å². The fourth-order valence-corrected chi connectivity index (χ4v) is 1.87. The van der Waals surface area contributed by atoms with Crippen molar-refractivity contribution in [1.82, 2.24) is 5.32 Å². The van der Waals surface area contributed by atoms with Crippen LogP contribution in [0, 0.1) is 5.92 Å². The van der Waals surface area contributed by atoms with Gasteiger partial charge in [-0.25, -0.2) is 0 Å². The average Bonchev–Trinajstić information content (AvgIpc) is 2.16. The van der Waals surface area contributed by atoms with Crippen LogP contribution in [-0.4, -0.2) is 34.2 Å². The zero-order chi connectivity index (χ0) is 12.3. The van der Waals surface area contributed by atoms with Gasteiger partial charge in [0.15, 0.2) is 0 Å². The van der Waals surface area contributed by atoms with Gasteiger partial charge in [0.25, 0.3) is 0 Å². The fourth-order valence-electron chi connectivity index (χ4n) is 1.87. The molecule has 1 aliphatic rings. The van der Waals surface area contributed by atoms with Crippen molar-refractivity contribution in [2.75, 3.05) is 0 Å². The molecule has 90 valence electrons. The first kappa shape index (κ1) is 12.7. The summed E-state index contributed by atoms with van der Waals surface area (Å²) in [6.07, 6.45) is 0.363. The van der Waals surface area contributed by atoms with Gasteiger partial charge >= 0.3 is 5.97 Å². The van der Waals surface area contributed by atoms with Crippen LogP contribution in [-0.2, 0) is 9.59 Å². The van der Waals surface area contributed by atoms with Crippen molar-refractivity contribution in [3.63, 3.8) is 0 Å². The standard InChI is InChI=1S/C11H17NO4/c1-6(2)10(14)12-7-3-4-8(11(15)16)9(13)5-7/h7-9,13H,1,3-5H2,2H3,(H,12,14)(H,15,16). The molecule has 0 bridgehead atoms. The molecule has 0 saturated heterocycles. The summed E-state index contributed by atoms with van der Waals surface area (Å²) in [6.45, 7) is 5.12. The molecule has 1 amide bonds. The van der Waals surface area contributed by atoms with E-state index in [4.69, 9.17) is 5.11 Å². The highest BCUT2D eigenvalue weighted by Gasteiger charge is 2.34. The summed E-state index contributed by atoms with van der Waals surface area (Å²) in [6, 6.07) is -0.158. The van der Waals surface area contributed by atoms with Gasteiger partial charge in [-0.05, 0) is 26.2 Å². The molecule has 0 aromatic rings. The fraction of sp³-hybridized carbons (Fsp3) is 0.636. The molecule has 5 heteroatoms. The van der Waals surface area contributed by atoms with Crippen molar-refractivity contribution in [1.29, 1.82) is 0 Å². The number of aliphatic hydroxyl groups excluding tert-OH is 1. The third kappa shape index (κ3) is 3.06. The minimum atomic E-state index is -0.975. The molecule has 1 aliphatic carbocycles. The molecule has 1 saturated carbocycles. The number of hydrogen-bond donors (Lipinski definition) is 3. The summed E-state index contributed by atoms with van der Waals surface area (Å²) in [5.74, 6) is -1.93. The lowest BCUT2D eigenvalue weighted by molar-refractivity contribution is -0.147. The molecule has 3 N–H and O–H groups in total. The molecule has 0 radical (unpaired) electrons. The SMILES string of the molecule is C=C(C)C(=O)NC1CCC(C(=O)O)C(O)C1. The number of carboxylic acids is 1. The van der Waals surface area contributed by atoms with Crippen molar-refractivity contribution in [3.05, 3.63) is 12.2 Å². The van der Waals surface area contributed by atoms with Crippen LogP contribution in [0.1, 0.15) is 26.2 Å². The van der Waals surface area contributed by atoms with Gasteiger partial charge in [0.1, 0.15) is 0 Å². The molecule has 0 aromatic carbocycles. The van der Waals surface area contributed by atoms with E-state index in [0.29, 0.717) is 18.4 Å². The summed E-state index contributed by atoms with van der Waals surface area (Å²) in [5, 5.41) is 21.1. The Bertz CT molecular complexity index is 313. The maximum absolute atomic E-state index is 11.3. The molecule has 3 unspecified atom stereocenters. The first-order chi connectivity index (χ1) is 7.41. The van der Waals surface area contributed by atoms with Crippen LogP contribution in [0.3, 0.4) is 0 Å². The number of aliphatic hydroxyl groups is 1. The zero-order valence-corrected chi connectivity index (χ0v) is 9.27. The summed E-state index contributed by atoms with van der Waals surface area (Å²) < 4.78 is 0. The molecule has 5 nitrogen and oxygen atoms in total. The Balaban J connectivity index is 2.49. The Morgan fingerprint density at radius 2 is 2.00 bits per heavy atom. The number of carbonyl (C=O) groups excluding carboxylic acids is 1. The van der Waals surface area contributed by atoms with Gasteiger partial charge in [0.05, 0.1) is 12.0 Å². The van der Waals surface area contributed by atoms with E-state index in [0.717, 1.165) is 0 Å². The molecular formula is C11H17NO4. The van der Waals surface area contributed by atoms with Gasteiger partial charge in [0, 0.05) is 11.6 Å². The van der Waals surface area contributed by atoms with E-state index < -0.39 is 18.0 Å². The van der Waals surface area contributed by atoms with Crippen LogP contribution in [0.25, 0.3) is 0 Å². The lowest BCUT2D eigenvalue weighted by atomic mass is 9.83. The van der Waals surface area contributed by atoms with Crippen molar-refractivity contribution in [3.8, 4) is 0 Å². The first-order valence-electron chi connectivity index (χ1n) is 5.29. The van der Waals surface area contributed by atoms with Crippen LogP contribution >= 0.6 is 0 Å². The van der Waals surface area contributed by atoms with Crippen molar-refractivity contribution < 1.29 is 19.8 Å². The predicted octanol–water partition coefficient (Wildman–Crippen LogP) is 0.293. The van der Waals surface area contributed by atoms with Crippen molar-refractivity contribution >= 4 is 11.9 Å². The third-order valence-electron chi connectivity index (χ3n) is 2.86. The molecule has 0 aromatic heterocycles. The van der Waals surface area contributed by atoms with E-state index >= 15 is 0 Å². The summed E-state index contributed by atoms with van der Waals surface area (Å²) in [4.78, 5) is 22.1. The van der Waals surface area contributed by atoms with Crippen LogP contribution in [0.5, 0.6) is 0 Å². The molecule has 0 aliphatic heterocycles. The summed E-state index contributed by atoms with van der Waals surface area (Å²) >= 11 is 0. The van der Waals surface area contributed by atoms with Gasteiger partial charge in [-0.2, -0.15) is 0 Å². The van der Waals surface area contributed by atoms with E-state index in [9.17, 15) is 14.7 Å². The second kappa shape index (κ2) is 5.12. The number of amides is 1. The van der Waals surface area contributed by atoms with E-state index in [2.05, 4.69) is 11.9 Å².